The summed E-state index contributed by atoms with van der Waals surface area (Å²) in [7, 11) is 1.63. The Morgan fingerprint density at radius 2 is 1.93 bits per heavy atom. The molecule has 1 aromatic heterocycles. The fourth-order valence-corrected chi connectivity index (χ4v) is 3.79. The first kappa shape index (κ1) is 21.7. The number of benzene rings is 2. The van der Waals surface area contributed by atoms with Crippen molar-refractivity contribution < 1.29 is 9.53 Å². The van der Waals surface area contributed by atoms with Gasteiger partial charge >= 0.3 is 0 Å². The highest BCUT2D eigenvalue weighted by atomic mass is 32.2. The van der Waals surface area contributed by atoms with E-state index in [1.54, 1.807) is 13.4 Å². The van der Waals surface area contributed by atoms with Crippen LogP contribution in [0.1, 0.15) is 13.3 Å². The molecule has 3 rings (SSSR count). The van der Waals surface area contributed by atoms with Crippen LogP contribution >= 0.6 is 11.8 Å². The van der Waals surface area contributed by atoms with Crippen LogP contribution in [-0.4, -0.2) is 53.2 Å². The van der Waals surface area contributed by atoms with Gasteiger partial charge in [0.2, 0.25) is 5.91 Å². The van der Waals surface area contributed by atoms with Gasteiger partial charge in [0.1, 0.15) is 12.1 Å². The van der Waals surface area contributed by atoms with Crippen LogP contribution in [0.5, 0.6) is 5.75 Å². The van der Waals surface area contributed by atoms with Crippen molar-refractivity contribution in [3.05, 3.63) is 60.9 Å². The van der Waals surface area contributed by atoms with E-state index in [-0.39, 0.29) is 5.91 Å². The molecule has 7 nitrogen and oxygen atoms in total. The summed E-state index contributed by atoms with van der Waals surface area (Å²) in [4.78, 5) is 14.5. The highest BCUT2D eigenvalue weighted by molar-refractivity contribution is 7.99. The average molecular weight is 426 g/mol. The van der Waals surface area contributed by atoms with Crippen molar-refractivity contribution >= 4 is 23.4 Å². The molecule has 0 bridgehead atoms. The van der Waals surface area contributed by atoms with E-state index < -0.39 is 0 Å². The number of thioether (sulfide) groups is 1. The third kappa shape index (κ3) is 6.00. The van der Waals surface area contributed by atoms with Crippen LogP contribution in [-0.2, 0) is 4.79 Å². The lowest BCUT2D eigenvalue weighted by Gasteiger charge is -2.23. The maximum atomic E-state index is 12.2. The highest BCUT2D eigenvalue weighted by Gasteiger charge is 2.10. The van der Waals surface area contributed by atoms with E-state index in [4.69, 9.17) is 4.74 Å². The third-order valence-corrected chi connectivity index (χ3v) is 5.57. The summed E-state index contributed by atoms with van der Waals surface area (Å²) in [5.74, 6) is 1.08. The molecule has 0 aliphatic heterocycles. The molecule has 0 saturated carbocycles. The number of carbonyl (C=O) groups excluding carboxylic acids is 1. The van der Waals surface area contributed by atoms with Gasteiger partial charge in [0, 0.05) is 31.0 Å². The van der Waals surface area contributed by atoms with Crippen molar-refractivity contribution in [1.29, 1.82) is 0 Å². The number of nitrogens with one attached hydrogen (secondary N) is 1. The minimum Gasteiger partial charge on any atom is -0.497 e. The number of rotatable bonds is 11. The average Bonchev–Trinajstić information content (AvgIpc) is 3.27. The zero-order chi connectivity index (χ0) is 21.2. The monoisotopic (exact) mass is 425 g/mol. The van der Waals surface area contributed by atoms with Crippen LogP contribution in [0, 0.1) is 0 Å². The zero-order valence-electron chi connectivity index (χ0n) is 17.3. The molecule has 0 aliphatic rings. The molecule has 158 valence electrons. The second kappa shape index (κ2) is 11.3. The maximum absolute atomic E-state index is 12.2. The Bertz CT molecular complexity index is 915. The van der Waals surface area contributed by atoms with Gasteiger partial charge in [-0.3, -0.25) is 9.36 Å². The Morgan fingerprint density at radius 1 is 1.17 bits per heavy atom. The number of para-hydroxylation sites is 1. The van der Waals surface area contributed by atoms with Crippen LogP contribution in [0.25, 0.3) is 5.69 Å². The molecule has 1 heterocycles. The van der Waals surface area contributed by atoms with Gasteiger partial charge in [-0.05, 0) is 49.7 Å². The smallest absolute Gasteiger partial charge is 0.230 e. The van der Waals surface area contributed by atoms with Crippen LogP contribution in [0.3, 0.4) is 0 Å². The van der Waals surface area contributed by atoms with Crippen LogP contribution < -0.4 is 15.0 Å². The number of anilines is 1. The van der Waals surface area contributed by atoms with Gasteiger partial charge < -0.3 is 15.0 Å². The van der Waals surface area contributed by atoms with E-state index >= 15 is 0 Å². The normalized spacial score (nSPS) is 10.6. The third-order valence-electron chi connectivity index (χ3n) is 4.63. The minimum atomic E-state index is -0.00737. The van der Waals surface area contributed by atoms with Gasteiger partial charge in [0.05, 0.1) is 12.9 Å². The van der Waals surface area contributed by atoms with Crippen LogP contribution in [0.15, 0.2) is 66.1 Å². The van der Waals surface area contributed by atoms with Crippen molar-refractivity contribution in [1.82, 2.24) is 20.1 Å². The zero-order valence-corrected chi connectivity index (χ0v) is 18.1. The van der Waals surface area contributed by atoms with Crippen molar-refractivity contribution in [2.24, 2.45) is 0 Å². The number of ether oxygens (including phenoxy) is 1. The van der Waals surface area contributed by atoms with Gasteiger partial charge in [-0.2, -0.15) is 0 Å². The molecule has 0 saturated heterocycles. The Hall–Kier alpha value is -3.00. The predicted molar refractivity (Wildman–Crippen MR) is 121 cm³/mol. The lowest BCUT2D eigenvalue weighted by Crippen LogP contribution is -2.30. The number of nitrogens with zero attached hydrogens (tertiary/aromatic N) is 4. The lowest BCUT2D eigenvalue weighted by atomic mass is 10.2. The largest absolute Gasteiger partial charge is 0.497 e. The number of hydrogen-bond acceptors (Lipinski definition) is 6. The molecule has 1 amide bonds. The first-order chi connectivity index (χ1) is 14.7. The molecule has 0 unspecified atom stereocenters. The van der Waals surface area contributed by atoms with Gasteiger partial charge in [-0.15, -0.1) is 10.2 Å². The topological polar surface area (TPSA) is 72.3 Å². The summed E-state index contributed by atoms with van der Waals surface area (Å²) in [5.41, 5.74) is 2.13. The minimum absolute atomic E-state index is 0.00737. The summed E-state index contributed by atoms with van der Waals surface area (Å²) >= 11 is 1.37. The van der Waals surface area contributed by atoms with E-state index in [1.165, 1.54) is 17.4 Å². The molecule has 0 aliphatic carbocycles. The molecule has 0 atom stereocenters. The van der Waals surface area contributed by atoms with Crippen molar-refractivity contribution in [2.75, 3.05) is 37.4 Å². The molecule has 3 aromatic rings. The number of hydrogen-bond donors (Lipinski definition) is 1. The molecular formula is C22H27N5O2S. The van der Waals surface area contributed by atoms with Gasteiger partial charge in [0.25, 0.3) is 0 Å². The van der Waals surface area contributed by atoms with Gasteiger partial charge in [0.15, 0.2) is 5.16 Å². The summed E-state index contributed by atoms with van der Waals surface area (Å²) in [6.45, 7) is 4.63. The Morgan fingerprint density at radius 3 is 2.63 bits per heavy atom. The standard InChI is InChI=1S/C22H27N5O2S/c1-3-26(18-8-5-4-6-9-18)15-7-14-23-21(28)16-30-22-25-24-17-27(22)19-10-12-20(29-2)13-11-19/h4-6,8-13,17H,3,7,14-16H2,1-2H3,(H,23,28). The fraction of sp³-hybridized carbons (Fsp3) is 0.318. The fourth-order valence-electron chi connectivity index (χ4n) is 3.03. The van der Waals surface area contributed by atoms with Crippen molar-refractivity contribution in [3.63, 3.8) is 0 Å². The summed E-state index contributed by atoms with van der Waals surface area (Å²) in [6.07, 6.45) is 2.53. The molecule has 0 radical (unpaired) electrons. The summed E-state index contributed by atoms with van der Waals surface area (Å²) in [5, 5.41) is 11.8. The molecule has 8 heteroatoms. The Labute approximate surface area is 181 Å². The second-order valence-electron chi connectivity index (χ2n) is 6.59. The molecule has 1 N–H and O–H groups in total. The Kier molecular flexibility index (Phi) is 8.14. The van der Waals surface area contributed by atoms with E-state index in [0.717, 1.165) is 30.9 Å². The Balaban J connectivity index is 1.42. The number of aromatic nitrogens is 3. The predicted octanol–water partition coefficient (Wildman–Crippen LogP) is 3.40. The molecule has 2 aromatic carbocycles. The first-order valence-electron chi connectivity index (χ1n) is 9.95. The van der Waals surface area contributed by atoms with Gasteiger partial charge in [-0.25, -0.2) is 0 Å². The molecule has 30 heavy (non-hydrogen) atoms. The molecular weight excluding hydrogens is 398 g/mol. The number of carbonyl (C=O) groups is 1. The molecule has 0 spiro atoms. The van der Waals surface area contributed by atoms with E-state index in [0.29, 0.717) is 17.5 Å². The second-order valence-corrected chi connectivity index (χ2v) is 7.53. The highest BCUT2D eigenvalue weighted by Crippen LogP contribution is 2.21. The summed E-state index contributed by atoms with van der Waals surface area (Å²) < 4.78 is 7.05. The quantitative estimate of drug-likeness (QED) is 0.375. The number of methoxy groups -OCH3 is 1. The van der Waals surface area contributed by atoms with Crippen LogP contribution in [0.4, 0.5) is 5.69 Å². The maximum Gasteiger partial charge on any atom is 0.230 e. The van der Waals surface area contributed by atoms with Crippen molar-refractivity contribution in [3.8, 4) is 11.4 Å². The SMILES string of the molecule is CCN(CCCNC(=O)CSc1nncn1-c1ccc(OC)cc1)c1ccccc1. The first-order valence-corrected chi connectivity index (χ1v) is 10.9. The van der Waals surface area contributed by atoms with E-state index in [1.807, 2.05) is 47.0 Å². The van der Waals surface area contributed by atoms with E-state index in [9.17, 15) is 4.79 Å². The van der Waals surface area contributed by atoms with Gasteiger partial charge in [-0.1, -0.05) is 30.0 Å². The lowest BCUT2D eigenvalue weighted by molar-refractivity contribution is -0.118. The molecule has 0 fully saturated rings. The number of amides is 1. The van der Waals surface area contributed by atoms with Crippen LogP contribution in [0.2, 0.25) is 0 Å². The summed E-state index contributed by atoms with van der Waals surface area (Å²) in [6, 6.07) is 17.9. The van der Waals surface area contributed by atoms with Crippen molar-refractivity contribution in [2.45, 2.75) is 18.5 Å². The van der Waals surface area contributed by atoms with E-state index in [2.05, 4.69) is 39.5 Å².